The Hall–Kier alpha value is -0.190. The normalized spacial score (nSPS) is 12.8. The minimum atomic E-state index is 0.0764. The van der Waals surface area contributed by atoms with Gasteiger partial charge in [0.2, 0.25) is 0 Å². The first kappa shape index (κ1) is 7.81. The van der Waals surface area contributed by atoms with Gasteiger partial charge in [-0.2, -0.15) is 0 Å². The molecule has 0 radical (unpaired) electrons. The lowest BCUT2D eigenvalue weighted by molar-refractivity contribution is 0.637. The smallest absolute Gasteiger partial charge is 0.137 e. The van der Waals surface area contributed by atoms with Crippen molar-refractivity contribution in [3.63, 3.8) is 0 Å². The molecule has 0 saturated carbocycles. The second-order valence-corrected chi connectivity index (χ2v) is 2.10. The summed E-state index contributed by atoms with van der Waals surface area (Å²) in [5.74, 6) is 5.09. The van der Waals surface area contributed by atoms with Crippen LogP contribution in [-0.2, 0) is 0 Å². The molecule has 0 aliphatic rings. The van der Waals surface area contributed by atoms with Gasteiger partial charge in [0.1, 0.15) is 5.50 Å². The van der Waals surface area contributed by atoms with Gasteiger partial charge in [0.15, 0.2) is 0 Å². The second kappa shape index (κ2) is 4.96. The lowest BCUT2D eigenvalue weighted by atomic mass is 10.9. The molecule has 0 heterocycles. The fourth-order valence-electron chi connectivity index (χ4n) is 0.291. The highest BCUT2D eigenvalue weighted by molar-refractivity contribution is 7.99. The molecule has 4 N–H and O–H groups in total. The monoisotopic (exact) mass is 133 g/mol. The second-order valence-electron chi connectivity index (χ2n) is 1.15. The van der Waals surface area contributed by atoms with Crippen LogP contribution in [0.15, 0.2) is 12.8 Å². The van der Waals surface area contributed by atoms with Crippen LogP contribution in [-0.4, -0.2) is 11.8 Å². The van der Waals surface area contributed by atoms with E-state index in [-0.39, 0.29) is 5.50 Å². The van der Waals surface area contributed by atoms with Crippen LogP contribution in [0, 0.1) is 0 Å². The van der Waals surface area contributed by atoms with Gasteiger partial charge in [-0.3, -0.25) is 5.84 Å². The van der Waals surface area contributed by atoms with Gasteiger partial charge in [-0.15, -0.1) is 11.8 Å². The van der Waals surface area contributed by atoms with E-state index in [1.165, 1.54) is 0 Å². The highest BCUT2D eigenvalue weighted by Crippen LogP contribution is 1.94. The number of nitrogens with one attached hydrogen (secondary N) is 2. The van der Waals surface area contributed by atoms with Crippen LogP contribution in [0.1, 0.15) is 0 Å². The van der Waals surface area contributed by atoms with E-state index in [1.807, 2.05) is 6.26 Å². The molecule has 3 nitrogen and oxygen atoms in total. The molecule has 48 valence electrons. The summed E-state index contributed by atoms with van der Waals surface area (Å²) in [6, 6.07) is 0. The maximum Gasteiger partial charge on any atom is 0.137 e. The number of hydrazine groups is 1. The SMILES string of the molecule is C=CNC(NN)SC. The lowest BCUT2D eigenvalue weighted by Gasteiger charge is -2.11. The Labute approximate surface area is 53.7 Å². The van der Waals surface area contributed by atoms with Gasteiger partial charge in [0.05, 0.1) is 0 Å². The summed E-state index contributed by atoms with van der Waals surface area (Å²) in [5.41, 5.74) is 2.61. The third kappa shape index (κ3) is 2.90. The van der Waals surface area contributed by atoms with Gasteiger partial charge < -0.3 is 5.32 Å². The van der Waals surface area contributed by atoms with Gasteiger partial charge in [-0.1, -0.05) is 6.58 Å². The fourth-order valence-corrected chi connectivity index (χ4v) is 0.660. The van der Waals surface area contributed by atoms with Crippen LogP contribution >= 0.6 is 11.8 Å². The molecule has 1 atom stereocenters. The maximum absolute atomic E-state index is 5.09. The lowest BCUT2D eigenvalue weighted by Crippen LogP contribution is -2.40. The van der Waals surface area contributed by atoms with Crippen LogP contribution in [0.2, 0.25) is 0 Å². The number of hydrogen-bond acceptors (Lipinski definition) is 4. The van der Waals surface area contributed by atoms with Crippen molar-refractivity contribution >= 4 is 11.8 Å². The number of thioether (sulfide) groups is 1. The molecule has 0 amide bonds. The summed E-state index contributed by atoms with van der Waals surface area (Å²) in [5, 5.41) is 2.87. The van der Waals surface area contributed by atoms with Crippen LogP contribution in [0.5, 0.6) is 0 Å². The Morgan fingerprint density at radius 1 is 1.88 bits per heavy atom. The third-order valence-electron chi connectivity index (χ3n) is 0.656. The standard InChI is InChI=1S/C4H11N3S/c1-3-6-4(7-5)8-2/h3-4,6-7H,1,5H2,2H3. The summed E-state index contributed by atoms with van der Waals surface area (Å²) in [6.07, 6.45) is 3.54. The maximum atomic E-state index is 5.09. The van der Waals surface area contributed by atoms with Crippen LogP contribution in [0.3, 0.4) is 0 Å². The predicted octanol–water partition coefficient (Wildman–Crippen LogP) is -0.171. The first-order valence-corrected chi connectivity index (χ1v) is 3.49. The van der Waals surface area contributed by atoms with E-state index in [2.05, 4.69) is 17.3 Å². The zero-order valence-corrected chi connectivity index (χ0v) is 5.66. The number of hydrogen-bond donors (Lipinski definition) is 3. The molecule has 0 aromatic carbocycles. The van der Waals surface area contributed by atoms with Crippen molar-refractivity contribution in [3.05, 3.63) is 12.8 Å². The van der Waals surface area contributed by atoms with Crippen LogP contribution < -0.4 is 16.6 Å². The number of rotatable bonds is 4. The van der Waals surface area contributed by atoms with Crippen molar-refractivity contribution in [1.82, 2.24) is 10.7 Å². The Kier molecular flexibility index (Phi) is 4.84. The van der Waals surface area contributed by atoms with Gasteiger partial charge in [-0.05, 0) is 12.5 Å². The van der Waals surface area contributed by atoms with Gasteiger partial charge in [0.25, 0.3) is 0 Å². The molecule has 4 heteroatoms. The van der Waals surface area contributed by atoms with E-state index < -0.39 is 0 Å². The Morgan fingerprint density at radius 2 is 2.50 bits per heavy atom. The van der Waals surface area contributed by atoms with Crippen molar-refractivity contribution in [3.8, 4) is 0 Å². The highest BCUT2D eigenvalue weighted by Gasteiger charge is 1.95. The molecule has 0 fully saturated rings. The minimum Gasteiger partial charge on any atom is -0.367 e. The summed E-state index contributed by atoms with van der Waals surface area (Å²) < 4.78 is 0. The molecule has 1 unspecified atom stereocenters. The molecule has 0 saturated heterocycles. The van der Waals surface area contributed by atoms with Crippen LogP contribution in [0.25, 0.3) is 0 Å². The van der Waals surface area contributed by atoms with Crippen molar-refractivity contribution in [2.24, 2.45) is 5.84 Å². The molecular weight excluding hydrogens is 122 g/mol. The van der Waals surface area contributed by atoms with Crippen molar-refractivity contribution in [2.75, 3.05) is 6.26 Å². The van der Waals surface area contributed by atoms with E-state index in [1.54, 1.807) is 18.0 Å². The Bertz CT molecular complexity index is 62.3. The molecule has 0 aromatic heterocycles. The molecule has 0 rings (SSSR count). The number of nitrogens with two attached hydrogens (primary N) is 1. The largest absolute Gasteiger partial charge is 0.367 e. The Balaban J connectivity index is 3.20. The topological polar surface area (TPSA) is 50.1 Å². The summed E-state index contributed by atoms with van der Waals surface area (Å²) in [4.78, 5) is 0. The van der Waals surface area contributed by atoms with Gasteiger partial charge in [-0.25, -0.2) is 5.43 Å². The molecule has 0 aromatic rings. The van der Waals surface area contributed by atoms with E-state index in [0.29, 0.717) is 0 Å². The van der Waals surface area contributed by atoms with Gasteiger partial charge in [0, 0.05) is 0 Å². The first-order valence-electron chi connectivity index (χ1n) is 2.21. The van der Waals surface area contributed by atoms with E-state index in [4.69, 9.17) is 5.84 Å². The molecule has 0 aliphatic heterocycles. The predicted molar refractivity (Wildman–Crippen MR) is 38.0 cm³/mol. The van der Waals surface area contributed by atoms with Crippen molar-refractivity contribution in [2.45, 2.75) is 5.50 Å². The molecule has 8 heavy (non-hydrogen) atoms. The van der Waals surface area contributed by atoms with E-state index in [0.717, 1.165) is 0 Å². The van der Waals surface area contributed by atoms with Gasteiger partial charge >= 0.3 is 0 Å². The zero-order valence-electron chi connectivity index (χ0n) is 4.85. The average Bonchev–Trinajstić information content (AvgIpc) is 1.83. The summed E-state index contributed by atoms with van der Waals surface area (Å²) >= 11 is 1.58. The van der Waals surface area contributed by atoms with Crippen molar-refractivity contribution < 1.29 is 0 Å². The first-order chi connectivity index (χ1) is 3.85. The molecule has 0 spiro atoms. The molecule has 0 bridgehead atoms. The summed E-state index contributed by atoms with van der Waals surface area (Å²) in [7, 11) is 0. The van der Waals surface area contributed by atoms with E-state index in [9.17, 15) is 0 Å². The van der Waals surface area contributed by atoms with E-state index >= 15 is 0 Å². The fraction of sp³-hybridized carbons (Fsp3) is 0.500. The minimum absolute atomic E-state index is 0.0764. The van der Waals surface area contributed by atoms with Crippen LogP contribution in [0.4, 0.5) is 0 Å². The third-order valence-corrected chi connectivity index (χ3v) is 1.40. The highest BCUT2D eigenvalue weighted by atomic mass is 32.2. The Morgan fingerprint density at radius 3 is 2.62 bits per heavy atom. The summed E-state index contributed by atoms with van der Waals surface area (Å²) in [6.45, 7) is 3.48. The van der Waals surface area contributed by atoms with Crippen molar-refractivity contribution in [1.29, 1.82) is 0 Å². The molecule has 0 aliphatic carbocycles. The quantitative estimate of drug-likeness (QED) is 0.283. The zero-order chi connectivity index (χ0) is 6.41. The average molecular weight is 133 g/mol. The molecular formula is C4H11N3S.